The molecule has 0 spiro atoms. The summed E-state index contributed by atoms with van der Waals surface area (Å²) in [5.41, 5.74) is 1.07. The number of hydrogen-bond acceptors (Lipinski definition) is 5. The van der Waals surface area contributed by atoms with Crippen molar-refractivity contribution >= 4 is 5.78 Å². The van der Waals surface area contributed by atoms with Crippen LogP contribution in [0.5, 0.6) is 23.0 Å². The van der Waals surface area contributed by atoms with Crippen LogP contribution in [0.15, 0.2) is 48.7 Å². The molecule has 0 aromatic heterocycles. The Morgan fingerprint density at radius 3 is 2.73 bits per heavy atom. The van der Waals surface area contributed by atoms with Crippen LogP contribution in [0.3, 0.4) is 0 Å². The quantitative estimate of drug-likeness (QED) is 0.891. The molecule has 0 bridgehead atoms. The Labute approximate surface area is 127 Å². The third-order valence-electron chi connectivity index (χ3n) is 3.54. The first-order valence-electron chi connectivity index (χ1n) is 6.67. The van der Waals surface area contributed by atoms with Crippen LogP contribution in [0.1, 0.15) is 21.8 Å². The zero-order chi connectivity index (χ0) is 15.7. The summed E-state index contributed by atoms with van der Waals surface area (Å²) in [4.78, 5) is 12.7. The molecule has 0 saturated heterocycles. The van der Waals surface area contributed by atoms with Gasteiger partial charge in [-0.15, -0.1) is 0 Å². The number of fused-ring (bicyclic) bond motifs is 1. The van der Waals surface area contributed by atoms with Gasteiger partial charge in [0.25, 0.3) is 0 Å². The van der Waals surface area contributed by atoms with Crippen molar-refractivity contribution in [1.29, 1.82) is 0 Å². The first kappa shape index (κ1) is 14.0. The molecule has 0 aliphatic carbocycles. The Morgan fingerprint density at radius 1 is 1.14 bits per heavy atom. The van der Waals surface area contributed by atoms with Gasteiger partial charge in [0.05, 0.1) is 24.9 Å². The minimum atomic E-state index is -0.555. The SMILES string of the molecule is COc1cc(C2C=COc3cc(O)ccc3C2=O)ccc1O. The van der Waals surface area contributed by atoms with Crippen LogP contribution in [-0.4, -0.2) is 23.1 Å². The smallest absolute Gasteiger partial charge is 0.177 e. The van der Waals surface area contributed by atoms with Crippen molar-refractivity contribution in [3.05, 3.63) is 59.9 Å². The maximum Gasteiger partial charge on any atom is 0.177 e. The normalized spacial score (nSPS) is 16.6. The van der Waals surface area contributed by atoms with E-state index in [4.69, 9.17) is 9.47 Å². The van der Waals surface area contributed by atoms with Crippen molar-refractivity contribution in [1.82, 2.24) is 0 Å². The number of ketones is 1. The van der Waals surface area contributed by atoms with E-state index in [1.807, 2.05) is 0 Å². The number of hydrogen-bond donors (Lipinski definition) is 2. The highest BCUT2D eigenvalue weighted by Crippen LogP contribution is 2.36. The van der Waals surface area contributed by atoms with E-state index in [9.17, 15) is 15.0 Å². The maximum absolute atomic E-state index is 12.7. The van der Waals surface area contributed by atoms with Gasteiger partial charge in [-0.25, -0.2) is 0 Å². The van der Waals surface area contributed by atoms with Crippen LogP contribution in [-0.2, 0) is 0 Å². The van der Waals surface area contributed by atoms with Crippen LogP contribution in [0, 0.1) is 0 Å². The Morgan fingerprint density at radius 2 is 1.95 bits per heavy atom. The van der Waals surface area contributed by atoms with Crippen LogP contribution >= 0.6 is 0 Å². The molecule has 1 atom stereocenters. The lowest BCUT2D eigenvalue weighted by atomic mass is 9.90. The van der Waals surface area contributed by atoms with E-state index in [1.165, 1.54) is 37.6 Å². The van der Waals surface area contributed by atoms with Crippen molar-refractivity contribution in [2.45, 2.75) is 5.92 Å². The van der Waals surface area contributed by atoms with E-state index < -0.39 is 5.92 Å². The molecule has 0 amide bonds. The fraction of sp³-hybridized carbons (Fsp3) is 0.118. The van der Waals surface area contributed by atoms with Crippen LogP contribution in [0.4, 0.5) is 0 Å². The summed E-state index contributed by atoms with van der Waals surface area (Å²) in [7, 11) is 1.45. The second-order valence-electron chi connectivity index (χ2n) is 4.90. The van der Waals surface area contributed by atoms with E-state index in [1.54, 1.807) is 18.2 Å². The van der Waals surface area contributed by atoms with Crippen LogP contribution < -0.4 is 9.47 Å². The highest BCUT2D eigenvalue weighted by atomic mass is 16.5. The summed E-state index contributed by atoms with van der Waals surface area (Å²) in [6.45, 7) is 0. The minimum absolute atomic E-state index is 0.0119. The highest BCUT2D eigenvalue weighted by molar-refractivity contribution is 6.05. The molecule has 5 nitrogen and oxygen atoms in total. The number of allylic oxidation sites excluding steroid dienone is 1. The second kappa shape index (κ2) is 5.44. The van der Waals surface area contributed by atoms with Gasteiger partial charge in [0.15, 0.2) is 17.3 Å². The zero-order valence-corrected chi connectivity index (χ0v) is 11.8. The van der Waals surface area contributed by atoms with E-state index in [0.717, 1.165) is 0 Å². The minimum Gasteiger partial charge on any atom is -0.508 e. The van der Waals surface area contributed by atoms with Gasteiger partial charge in [0.2, 0.25) is 0 Å². The van der Waals surface area contributed by atoms with Gasteiger partial charge in [0.1, 0.15) is 11.5 Å². The number of rotatable bonds is 2. The molecule has 2 N–H and O–H groups in total. The number of Topliss-reactive ketones (excluding diaryl/α,β-unsaturated/α-hetero) is 1. The third-order valence-corrected chi connectivity index (χ3v) is 3.54. The van der Waals surface area contributed by atoms with E-state index >= 15 is 0 Å². The zero-order valence-electron chi connectivity index (χ0n) is 11.8. The number of benzene rings is 2. The van der Waals surface area contributed by atoms with Crippen molar-refractivity contribution < 1.29 is 24.5 Å². The lowest BCUT2D eigenvalue weighted by molar-refractivity contribution is 0.0976. The molecule has 1 heterocycles. The Kier molecular flexibility index (Phi) is 3.47. The predicted octanol–water partition coefficient (Wildman–Crippen LogP) is 2.98. The molecule has 0 fully saturated rings. The summed E-state index contributed by atoms with van der Waals surface area (Å²) in [6, 6.07) is 9.14. The number of carbonyl (C=O) groups is 1. The van der Waals surface area contributed by atoms with Gasteiger partial charge in [-0.3, -0.25) is 4.79 Å². The average Bonchev–Trinajstić information content (AvgIpc) is 2.67. The van der Waals surface area contributed by atoms with Gasteiger partial charge in [0, 0.05) is 6.07 Å². The van der Waals surface area contributed by atoms with Gasteiger partial charge in [-0.2, -0.15) is 0 Å². The average molecular weight is 298 g/mol. The molecule has 1 unspecified atom stereocenters. The van der Waals surface area contributed by atoms with Crippen LogP contribution in [0.25, 0.3) is 0 Å². The molecule has 0 saturated carbocycles. The lowest BCUT2D eigenvalue weighted by Gasteiger charge is -2.13. The van der Waals surface area contributed by atoms with Crippen LogP contribution in [0.2, 0.25) is 0 Å². The van der Waals surface area contributed by atoms with E-state index in [2.05, 4.69) is 0 Å². The molecule has 2 aromatic rings. The summed E-state index contributed by atoms with van der Waals surface area (Å²) >= 11 is 0. The fourth-order valence-electron chi connectivity index (χ4n) is 2.41. The monoisotopic (exact) mass is 298 g/mol. The Hall–Kier alpha value is -2.95. The van der Waals surface area contributed by atoms with Crippen molar-refractivity contribution in [2.75, 3.05) is 7.11 Å². The molecular formula is C17H14O5. The Bertz CT molecular complexity index is 764. The molecule has 112 valence electrons. The number of phenolic OH excluding ortho intramolecular Hbond substituents is 2. The highest BCUT2D eigenvalue weighted by Gasteiger charge is 2.26. The summed E-state index contributed by atoms with van der Waals surface area (Å²) in [5.74, 6) is -0.0522. The third kappa shape index (κ3) is 2.37. The predicted molar refractivity (Wildman–Crippen MR) is 79.6 cm³/mol. The first-order valence-corrected chi connectivity index (χ1v) is 6.67. The van der Waals surface area contributed by atoms with Gasteiger partial charge >= 0.3 is 0 Å². The standard InChI is InChI=1S/C17H14O5/c1-21-16-8-10(2-5-14(16)19)12-6-7-22-15-9-11(18)3-4-13(15)17(12)20/h2-9,12,18-19H,1H3. The van der Waals surface area contributed by atoms with Gasteiger partial charge in [-0.1, -0.05) is 6.07 Å². The molecule has 0 radical (unpaired) electrons. The molecule has 1 aliphatic rings. The van der Waals surface area contributed by atoms with E-state index in [0.29, 0.717) is 22.6 Å². The van der Waals surface area contributed by atoms with Gasteiger partial charge in [-0.05, 0) is 35.9 Å². The maximum atomic E-state index is 12.7. The van der Waals surface area contributed by atoms with Gasteiger partial charge < -0.3 is 19.7 Å². The lowest BCUT2D eigenvalue weighted by Crippen LogP contribution is -2.10. The van der Waals surface area contributed by atoms with E-state index in [-0.39, 0.29) is 17.3 Å². The number of methoxy groups -OCH3 is 1. The largest absolute Gasteiger partial charge is 0.508 e. The molecule has 2 aromatic carbocycles. The summed E-state index contributed by atoms with van der Waals surface area (Å²) < 4.78 is 10.5. The number of aromatic hydroxyl groups is 2. The fourth-order valence-corrected chi connectivity index (χ4v) is 2.41. The molecule has 3 rings (SSSR count). The number of phenols is 2. The topological polar surface area (TPSA) is 76.0 Å². The molecular weight excluding hydrogens is 284 g/mol. The molecule has 22 heavy (non-hydrogen) atoms. The van der Waals surface area contributed by atoms with Crippen molar-refractivity contribution in [3.8, 4) is 23.0 Å². The summed E-state index contributed by atoms with van der Waals surface area (Å²) in [6.07, 6.45) is 3.05. The van der Waals surface area contributed by atoms with Crippen molar-refractivity contribution in [2.24, 2.45) is 0 Å². The second-order valence-corrected chi connectivity index (χ2v) is 4.90. The molecule has 5 heteroatoms. The number of carbonyl (C=O) groups excluding carboxylic acids is 1. The van der Waals surface area contributed by atoms with Crippen molar-refractivity contribution in [3.63, 3.8) is 0 Å². The Balaban J connectivity index is 2.05. The first-order chi connectivity index (χ1) is 10.6. The summed E-state index contributed by atoms with van der Waals surface area (Å²) in [5, 5.41) is 19.2. The number of ether oxygens (including phenoxy) is 2. The molecule has 1 aliphatic heterocycles.